The van der Waals surface area contributed by atoms with E-state index in [-0.39, 0.29) is 10.8 Å². The predicted molar refractivity (Wildman–Crippen MR) is 77.6 cm³/mol. The molecule has 1 nitrogen and oxygen atoms in total. The van der Waals surface area contributed by atoms with Gasteiger partial charge in [0.05, 0.1) is 5.60 Å². The summed E-state index contributed by atoms with van der Waals surface area (Å²) < 4.78 is 0. The summed E-state index contributed by atoms with van der Waals surface area (Å²) >= 11 is 0. The van der Waals surface area contributed by atoms with Crippen molar-refractivity contribution in [1.29, 1.82) is 0 Å². The monoisotopic (exact) mass is 252 g/mol. The number of aliphatic hydroxyl groups is 1. The van der Waals surface area contributed by atoms with Crippen LogP contribution in [0.1, 0.15) is 85.5 Å². The van der Waals surface area contributed by atoms with Gasteiger partial charge in [0.15, 0.2) is 0 Å². The zero-order valence-electron chi connectivity index (χ0n) is 12.9. The van der Waals surface area contributed by atoms with Crippen LogP contribution in [-0.2, 0) is 0 Å². The van der Waals surface area contributed by atoms with Crippen LogP contribution in [0.2, 0.25) is 0 Å². The quantitative estimate of drug-likeness (QED) is 0.739. The van der Waals surface area contributed by atoms with Gasteiger partial charge in [-0.25, -0.2) is 0 Å². The molecule has 0 spiro atoms. The molecule has 0 heterocycles. The van der Waals surface area contributed by atoms with Crippen LogP contribution in [-0.4, -0.2) is 10.7 Å². The van der Waals surface area contributed by atoms with E-state index in [1.54, 1.807) is 0 Å². The van der Waals surface area contributed by atoms with Crippen LogP contribution in [0.4, 0.5) is 0 Å². The van der Waals surface area contributed by atoms with E-state index in [0.29, 0.717) is 5.92 Å². The Hall–Kier alpha value is -0.0400. The van der Waals surface area contributed by atoms with Crippen molar-refractivity contribution in [2.45, 2.75) is 91.1 Å². The molecule has 2 aliphatic carbocycles. The molecule has 0 bridgehead atoms. The first kappa shape index (κ1) is 14.4. The smallest absolute Gasteiger partial charge is 0.0706 e. The van der Waals surface area contributed by atoms with Gasteiger partial charge in [0.1, 0.15) is 0 Å². The van der Waals surface area contributed by atoms with Gasteiger partial charge in [0.2, 0.25) is 0 Å². The first-order valence-corrected chi connectivity index (χ1v) is 8.04. The lowest BCUT2D eigenvalue weighted by Crippen LogP contribution is -2.58. The lowest BCUT2D eigenvalue weighted by molar-refractivity contribution is -0.180. The second-order valence-electron chi connectivity index (χ2n) is 7.91. The lowest BCUT2D eigenvalue weighted by Gasteiger charge is -2.58. The fourth-order valence-corrected chi connectivity index (χ4v) is 4.71. The second kappa shape index (κ2) is 4.81. The second-order valence-corrected chi connectivity index (χ2v) is 7.91. The van der Waals surface area contributed by atoms with Gasteiger partial charge in [0.25, 0.3) is 0 Å². The van der Waals surface area contributed by atoms with Gasteiger partial charge in [-0.15, -0.1) is 0 Å². The van der Waals surface area contributed by atoms with Crippen molar-refractivity contribution in [3.63, 3.8) is 0 Å². The molecule has 2 saturated carbocycles. The summed E-state index contributed by atoms with van der Waals surface area (Å²) in [5, 5.41) is 11.4. The van der Waals surface area contributed by atoms with Gasteiger partial charge in [0, 0.05) is 5.41 Å². The number of hydrogen-bond acceptors (Lipinski definition) is 1. The molecule has 2 rings (SSSR count). The maximum absolute atomic E-state index is 11.4. The summed E-state index contributed by atoms with van der Waals surface area (Å²) in [6.45, 7) is 9.27. The highest BCUT2D eigenvalue weighted by Crippen LogP contribution is 2.59. The summed E-state index contributed by atoms with van der Waals surface area (Å²) in [5.74, 6) is 0.522. The van der Waals surface area contributed by atoms with Crippen molar-refractivity contribution >= 4 is 0 Å². The molecule has 1 heteroatoms. The van der Waals surface area contributed by atoms with E-state index in [1.807, 2.05) is 0 Å². The highest BCUT2D eigenvalue weighted by atomic mass is 16.3. The maximum Gasteiger partial charge on any atom is 0.0706 e. The third-order valence-electron chi connectivity index (χ3n) is 6.74. The SMILES string of the molecule is CC1(C)CCCCC1(C)C(C)(O)C1CCCCC1. The highest BCUT2D eigenvalue weighted by Gasteiger charge is 2.56. The molecule has 0 saturated heterocycles. The molecule has 1 N–H and O–H groups in total. The van der Waals surface area contributed by atoms with E-state index in [2.05, 4.69) is 27.7 Å². The summed E-state index contributed by atoms with van der Waals surface area (Å²) in [6.07, 6.45) is 11.6. The molecule has 2 unspecified atom stereocenters. The van der Waals surface area contributed by atoms with Crippen LogP contribution >= 0.6 is 0 Å². The van der Waals surface area contributed by atoms with Crippen molar-refractivity contribution in [3.8, 4) is 0 Å². The van der Waals surface area contributed by atoms with E-state index in [1.165, 1.54) is 57.8 Å². The molecule has 106 valence electrons. The summed E-state index contributed by atoms with van der Waals surface area (Å²) in [5.41, 5.74) is -0.135. The molecule has 18 heavy (non-hydrogen) atoms. The van der Waals surface area contributed by atoms with Crippen molar-refractivity contribution in [1.82, 2.24) is 0 Å². The lowest BCUT2D eigenvalue weighted by atomic mass is 9.49. The molecule has 0 radical (unpaired) electrons. The largest absolute Gasteiger partial charge is 0.389 e. The Morgan fingerprint density at radius 3 is 2.00 bits per heavy atom. The van der Waals surface area contributed by atoms with Crippen LogP contribution in [0, 0.1) is 16.7 Å². The summed E-state index contributed by atoms with van der Waals surface area (Å²) in [7, 11) is 0. The average molecular weight is 252 g/mol. The summed E-state index contributed by atoms with van der Waals surface area (Å²) in [4.78, 5) is 0. The third kappa shape index (κ3) is 2.13. The van der Waals surface area contributed by atoms with E-state index in [9.17, 15) is 5.11 Å². The Morgan fingerprint density at radius 1 is 0.889 bits per heavy atom. The molecular weight excluding hydrogens is 220 g/mol. The average Bonchev–Trinajstić information content (AvgIpc) is 2.34. The van der Waals surface area contributed by atoms with E-state index >= 15 is 0 Å². The van der Waals surface area contributed by atoms with Crippen LogP contribution < -0.4 is 0 Å². The normalized spacial score (nSPS) is 37.2. The molecule has 0 aliphatic heterocycles. The van der Waals surface area contributed by atoms with Crippen LogP contribution in [0.25, 0.3) is 0 Å². The Kier molecular flexibility index (Phi) is 3.84. The van der Waals surface area contributed by atoms with Gasteiger partial charge >= 0.3 is 0 Å². The van der Waals surface area contributed by atoms with E-state index in [0.717, 1.165) is 0 Å². The Bertz CT molecular complexity index is 286. The molecule has 0 amide bonds. The molecule has 2 atom stereocenters. The van der Waals surface area contributed by atoms with Gasteiger partial charge in [-0.2, -0.15) is 0 Å². The first-order valence-electron chi connectivity index (χ1n) is 8.04. The fourth-order valence-electron chi connectivity index (χ4n) is 4.71. The van der Waals surface area contributed by atoms with Gasteiger partial charge in [-0.3, -0.25) is 0 Å². The molecule has 0 aromatic carbocycles. The van der Waals surface area contributed by atoms with E-state index < -0.39 is 5.60 Å². The molecule has 2 fully saturated rings. The van der Waals surface area contributed by atoms with Crippen molar-refractivity contribution < 1.29 is 5.11 Å². The zero-order valence-corrected chi connectivity index (χ0v) is 12.9. The molecule has 2 aliphatic rings. The third-order valence-corrected chi connectivity index (χ3v) is 6.74. The standard InChI is InChI=1S/C17H32O/c1-15(2)12-8-9-13-16(15,3)17(4,18)14-10-6-5-7-11-14/h14,18H,5-13H2,1-4H3. The zero-order chi connectivity index (χ0) is 13.4. The Labute approximate surface area is 113 Å². The number of rotatable bonds is 2. The minimum atomic E-state index is -0.489. The van der Waals surface area contributed by atoms with Crippen molar-refractivity contribution in [3.05, 3.63) is 0 Å². The Balaban J connectivity index is 2.25. The van der Waals surface area contributed by atoms with Crippen LogP contribution in [0.15, 0.2) is 0 Å². The van der Waals surface area contributed by atoms with Gasteiger partial charge < -0.3 is 5.11 Å². The molecule has 0 aromatic rings. The van der Waals surface area contributed by atoms with E-state index in [4.69, 9.17) is 0 Å². The number of hydrogen-bond donors (Lipinski definition) is 1. The minimum Gasteiger partial charge on any atom is -0.389 e. The van der Waals surface area contributed by atoms with Gasteiger partial charge in [-0.1, -0.05) is 52.9 Å². The predicted octanol–water partition coefficient (Wildman–Crippen LogP) is 4.92. The highest BCUT2D eigenvalue weighted by molar-refractivity contribution is 5.06. The first-order chi connectivity index (χ1) is 8.31. The van der Waals surface area contributed by atoms with Gasteiger partial charge in [-0.05, 0) is 43.9 Å². The van der Waals surface area contributed by atoms with Crippen molar-refractivity contribution in [2.24, 2.45) is 16.7 Å². The Morgan fingerprint density at radius 2 is 1.44 bits per heavy atom. The van der Waals surface area contributed by atoms with Crippen LogP contribution in [0.3, 0.4) is 0 Å². The molecule has 0 aromatic heterocycles. The minimum absolute atomic E-state index is 0.0836. The maximum atomic E-state index is 11.4. The fraction of sp³-hybridized carbons (Fsp3) is 1.00. The molecular formula is C17H32O. The topological polar surface area (TPSA) is 20.2 Å². The summed E-state index contributed by atoms with van der Waals surface area (Å²) in [6, 6.07) is 0. The van der Waals surface area contributed by atoms with Crippen molar-refractivity contribution in [2.75, 3.05) is 0 Å². The van der Waals surface area contributed by atoms with Crippen LogP contribution in [0.5, 0.6) is 0 Å².